The van der Waals surface area contributed by atoms with E-state index >= 15 is 0 Å². The molecule has 1 saturated heterocycles. The summed E-state index contributed by atoms with van der Waals surface area (Å²) in [6.07, 6.45) is -2.48. The molecule has 1 fully saturated rings. The molecule has 4 nitrogen and oxygen atoms in total. The fraction of sp³-hybridized carbons (Fsp3) is 0.385. The molecule has 3 aromatic rings. The third kappa shape index (κ3) is 6.91. The number of rotatable bonds is 9. The van der Waals surface area contributed by atoms with Crippen LogP contribution in [-0.4, -0.2) is 53.8 Å². The zero-order valence-corrected chi connectivity index (χ0v) is 19.0. The molecule has 1 aliphatic rings. The Morgan fingerprint density at radius 1 is 0.882 bits per heavy atom. The molecule has 34 heavy (non-hydrogen) atoms. The fourth-order valence-electron chi connectivity index (χ4n) is 4.23. The maximum atomic E-state index is 13.8. The Kier molecular flexibility index (Phi) is 8.03. The topological polar surface area (TPSA) is 20.6 Å². The zero-order valence-electron chi connectivity index (χ0n) is 19.0. The minimum absolute atomic E-state index is 0.265. The van der Waals surface area contributed by atoms with Crippen molar-refractivity contribution < 1.29 is 22.3 Å². The molecule has 4 rings (SSSR count). The van der Waals surface area contributed by atoms with E-state index in [0.717, 1.165) is 56.7 Å². The molecule has 1 aliphatic heterocycles. The van der Waals surface area contributed by atoms with Crippen molar-refractivity contribution in [2.24, 2.45) is 0 Å². The molecule has 8 heteroatoms. The van der Waals surface area contributed by atoms with Gasteiger partial charge in [0.25, 0.3) is 0 Å². The molecule has 0 saturated carbocycles. The Morgan fingerprint density at radius 2 is 1.65 bits per heavy atom. The van der Waals surface area contributed by atoms with E-state index in [2.05, 4.69) is 9.80 Å². The molecule has 2 heterocycles. The van der Waals surface area contributed by atoms with Gasteiger partial charge < -0.3 is 9.30 Å². The molecule has 1 aromatic heterocycles. The number of benzene rings is 2. The van der Waals surface area contributed by atoms with Crippen LogP contribution in [0.3, 0.4) is 0 Å². The van der Waals surface area contributed by atoms with Crippen LogP contribution in [0.4, 0.5) is 17.6 Å². The summed E-state index contributed by atoms with van der Waals surface area (Å²) in [5.41, 5.74) is 1.84. The molecule has 0 aliphatic carbocycles. The lowest BCUT2D eigenvalue weighted by atomic mass is 10.1. The van der Waals surface area contributed by atoms with E-state index in [9.17, 15) is 17.6 Å². The molecule has 0 bridgehead atoms. The monoisotopic (exact) mass is 475 g/mol. The lowest BCUT2D eigenvalue weighted by Gasteiger charge is -2.30. The molecule has 2 aromatic carbocycles. The number of ether oxygens (including phenoxy) is 1. The Hall–Kier alpha value is -2.68. The number of aromatic nitrogens is 1. The molecular formula is C26H29F4N3O. The van der Waals surface area contributed by atoms with Gasteiger partial charge in [-0.25, -0.2) is 4.39 Å². The van der Waals surface area contributed by atoms with Gasteiger partial charge in [-0.1, -0.05) is 24.3 Å². The second-order valence-corrected chi connectivity index (χ2v) is 8.62. The van der Waals surface area contributed by atoms with Crippen molar-refractivity contribution in [1.82, 2.24) is 14.4 Å². The van der Waals surface area contributed by atoms with E-state index in [-0.39, 0.29) is 5.82 Å². The normalized spacial score (nSPS) is 15.2. The van der Waals surface area contributed by atoms with Gasteiger partial charge >= 0.3 is 6.18 Å². The highest BCUT2D eigenvalue weighted by molar-refractivity contribution is 5.26. The van der Waals surface area contributed by atoms with Crippen LogP contribution in [-0.2, 0) is 30.5 Å². The van der Waals surface area contributed by atoms with Crippen molar-refractivity contribution in [3.05, 3.63) is 95.1 Å². The first kappa shape index (κ1) is 24.4. The van der Waals surface area contributed by atoms with E-state index < -0.39 is 11.7 Å². The van der Waals surface area contributed by atoms with Gasteiger partial charge in [0.1, 0.15) is 5.82 Å². The van der Waals surface area contributed by atoms with Crippen molar-refractivity contribution in [2.45, 2.75) is 25.8 Å². The van der Waals surface area contributed by atoms with Crippen molar-refractivity contribution in [3.8, 4) is 0 Å². The molecule has 0 unspecified atom stereocenters. The first-order valence-corrected chi connectivity index (χ1v) is 11.4. The molecule has 0 spiro atoms. The Balaban J connectivity index is 1.48. The van der Waals surface area contributed by atoms with E-state index in [1.165, 1.54) is 18.2 Å². The Morgan fingerprint density at radius 3 is 2.41 bits per heavy atom. The highest BCUT2D eigenvalue weighted by Crippen LogP contribution is 2.29. The molecule has 0 radical (unpaired) electrons. The van der Waals surface area contributed by atoms with E-state index in [4.69, 9.17) is 4.74 Å². The fourth-order valence-corrected chi connectivity index (χ4v) is 4.23. The molecule has 0 atom stereocenters. The first-order chi connectivity index (χ1) is 16.4. The minimum atomic E-state index is -4.36. The van der Waals surface area contributed by atoms with Crippen molar-refractivity contribution in [1.29, 1.82) is 0 Å². The van der Waals surface area contributed by atoms with Crippen LogP contribution in [0.15, 0.2) is 66.9 Å². The zero-order chi connectivity index (χ0) is 24.0. The van der Waals surface area contributed by atoms with Crippen LogP contribution in [0.1, 0.15) is 22.4 Å². The van der Waals surface area contributed by atoms with Crippen LogP contribution < -0.4 is 0 Å². The predicted molar refractivity (Wildman–Crippen MR) is 123 cm³/mol. The maximum absolute atomic E-state index is 13.8. The van der Waals surface area contributed by atoms with Gasteiger partial charge in [0.15, 0.2) is 0 Å². The largest absolute Gasteiger partial charge is 0.416 e. The van der Waals surface area contributed by atoms with Gasteiger partial charge in [-0.05, 0) is 47.5 Å². The summed E-state index contributed by atoms with van der Waals surface area (Å²) in [6.45, 7) is 6.42. The average Bonchev–Trinajstić information content (AvgIpc) is 3.24. The number of hydrogen-bond donors (Lipinski definition) is 0. The number of halogens is 4. The van der Waals surface area contributed by atoms with Gasteiger partial charge in [-0.3, -0.25) is 9.80 Å². The van der Waals surface area contributed by atoms with Crippen LogP contribution in [0.2, 0.25) is 0 Å². The summed E-state index contributed by atoms with van der Waals surface area (Å²) in [4.78, 5) is 4.60. The second-order valence-electron chi connectivity index (χ2n) is 8.62. The molecule has 182 valence electrons. The van der Waals surface area contributed by atoms with Gasteiger partial charge in [0.2, 0.25) is 0 Å². The maximum Gasteiger partial charge on any atom is 0.416 e. The van der Waals surface area contributed by atoms with Crippen LogP contribution in [0, 0.1) is 5.82 Å². The lowest BCUT2D eigenvalue weighted by molar-refractivity contribution is -0.137. The number of nitrogens with zero attached hydrogens (tertiary/aromatic N) is 3. The van der Waals surface area contributed by atoms with Gasteiger partial charge in [0.05, 0.1) is 18.8 Å². The smallest absolute Gasteiger partial charge is 0.379 e. The summed E-state index contributed by atoms with van der Waals surface area (Å²) in [5, 5.41) is 0. The SMILES string of the molecule is Fc1cccc(CN(CCN2CCOCC2)Cc2cccn2Cc2cccc(C(F)(F)F)c2)c1. The van der Waals surface area contributed by atoms with Crippen molar-refractivity contribution in [2.75, 3.05) is 39.4 Å². The van der Waals surface area contributed by atoms with Gasteiger partial charge in [-0.2, -0.15) is 13.2 Å². The summed E-state index contributed by atoms with van der Waals surface area (Å²) in [7, 11) is 0. The summed E-state index contributed by atoms with van der Waals surface area (Å²) in [6, 6.07) is 15.9. The molecular weight excluding hydrogens is 446 g/mol. The Labute approximate surface area is 197 Å². The summed E-state index contributed by atoms with van der Waals surface area (Å²) in [5.74, 6) is -0.265. The summed E-state index contributed by atoms with van der Waals surface area (Å²) >= 11 is 0. The highest BCUT2D eigenvalue weighted by atomic mass is 19.4. The standard InChI is InChI=1S/C26H29F4N3O/c27-24-7-2-5-22(17-24)18-32(11-10-31-12-14-34-15-13-31)20-25-8-3-9-33(25)19-21-4-1-6-23(16-21)26(28,29)30/h1-9,16-17H,10-15,18-20H2. The van der Waals surface area contributed by atoms with Gasteiger partial charge in [0, 0.05) is 57.7 Å². The highest BCUT2D eigenvalue weighted by Gasteiger charge is 2.30. The molecule has 0 N–H and O–H groups in total. The third-order valence-corrected chi connectivity index (χ3v) is 6.05. The molecule has 0 amide bonds. The predicted octanol–water partition coefficient (Wildman–Crippen LogP) is 5.03. The number of alkyl halides is 3. The van der Waals surface area contributed by atoms with E-state index in [0.29, 0.717) is 25.2 Å². The van der Waals surface area contributed by atoms with Crippen molar-refractivity contribution in [3.63, 3.8) is 0 Å². The van der Waals surface area contributed by atoms with Gasteiger partial charge in [-0.15, -0.1) is 0 Å². The quantitative estimate of drug-likeness (QED) is 0.405. The van der Waals surface area contributed by atoms with Crippen LogP contribution in [0.25, 0.3) is 0 Å². The minimum Gasteiger partial charge on any atom is -0.379 e. The van der Waals surface area contributed by atoms with Crippen molar-refractivity contribution >= 4 is 0 Å². The second kappa shape index (κ2) is 11.2. The van der Waals surface area contributed by atoms with E-state index in [1.807, 2.05) is 29.0 Å². The Bertz CT molecular complexity index is 1060. The third-order valence-electron chi connectivity index (χ3n) is 6.05. The van der Waals surface area contributed by atoms with Crippen LogP contribution in [0.5, 0.6) is 0 Å². The van der Waals surface area contributed by atoms with Crippen LogP contribution >= 0.6 is 0 Å². The average molecular weight is 476 g/mol. The first-order valence-electron chi connectivity index (χ1n) is 11.4. The lowest BCUT2D eigenvalue weighted by Crippen LogP contribution is -2.41. The van der Waals surface area contributed by atoms with E-state index in [1.54, 1.807) is 18.2 Å². The summed E-state index contributed by atoms with van der Waals surface area (Å²) < 4.78 is 60.5. The number of morpholine rings is 1. The number of hydrogen-bond acceptors (Lipinski definition) is 3.